The fourth-order valence-electron chi connectivity index (χ4n) is 3.20. The average Bonchev–Trinajstić information content (AvgIpc) is 2.56. The Morgan fingerprint density at radius 2 is 2.12 bits per heavy atom. The van der Waals surface area contributed by atoms with Crippen LogP contribution in [0.25, 0.3) is 0 Å². The topological polar surface area (TPSA) is 91.0 Å². The molecule has 1 aromatic carbocycles. The second kappa shape index (κ2) is 11.2. The molecule has 0 bridgehead atoms. The van der Waals surface area contributed by atoms with Gasteiger partial charge in [0, 0.05) is 33.1 Å². The Balaban J connectivity index is 0.00000312. The number of rotatable bonds is 6. The number of carbonyl (C=O) groups is 1. The molecule has 1 saturated heterocycles. The molecule has 1 fully saturated rings. The summed E-state index contributed by atoms with van der Waals surface area (Å²) in [4.78, 5) is 17.7. The van der Waals surface area contributed by atoms with Crippen LogP contribution in [-0.2, 0) is 11.2 Å². The zero-order valence-electron chi connectivity index (χ0n) is 14.8. The van der Waals surface area contributed by atoms with Crippen LogP contribution in [-0.4, -0.2) is 48.6 Å². The molecule has 140 valence electrons. The number of phenolic OH excluding ortho intramolecular Hbond substituents is 1. The molecule has 0 aromatic heterocycles. The highest BCUT2D eigenvalue weighted by molar-refractivity contribution is 14.0. The number of nitrogens with zero attached hydrogens (tertiary/aromatic N) is 2. The number of piperidine rings is 1. The van der Waals surface area contributed by atoms with Gasteiger partial charge in [0.2, 0.25) is 5.91 Å². The summed E-state index contributed by atoms with van der Waals surface area (Å²) in [7, 11) is 1.79. The Labute approximate surface area is 166 Å². The van der Waals surface area contributed by atoms with Gasteiger partial charge in [-0.1, -0.05) is 12.1 Å². The van der Waals surface area contributed by atoms with Crippen LogP contribution < -0.4 is 11.1 Å². The Kier molecular flexibility index (Phi) is 9.62. The maximum absolute atomic E-state index is 11.1. The number of benzene rings is 1. The van der Waals surface area contributed by atoms with Crippen molar-refractivity contribution in [3.8, 4) is 5.75 Å². The summed E-state index contributed by atoms with van der Waals surface area (Å²) in [6.45, 7) is 2.64. The third-order valence-corrected chi connectivity index (χ3v) is 4.38. The van der Waals surface area contributed by atoms with Crippen LogP contribution in [0.1, 0.15) is 31.2 Å². The van der Waals surface area contributed by atoms with Gasteiger partial charge in [0.05, 0.1) is 0 Å². The molecule has 7 heteroatoms. The summed E-state index contributed by atoms with van der Waals surface area (Å²) in [6, 6.07) is 7.33. The maximum atomic E-state index is 11.1. The van der Waals surface area contributed by atoms with E-state index in [0.717, 1.165) is 51.3 Å². The lowest BCUT2D eigenvalue weighted by Crippen LogP contribution is -2.47. The Bertz CT molecular complexity index is 563. The minimum Gasteiger partial charge on any atom is -0.508 e. The smallest absolute Gasteiger partial charge is 0.217 e. The van der Waals surface area contributed by atoms with Crippen LogP contribution in [0.3, 0.4) is 0 Å². The monoisotopic (exact) mass is 460 g/mol. The third kappa shape index (κ3) is 7.50. The number of nitrogens with two attached hydrogens (primary N) is 1. The molecule has 1 aromatic rings. The summed E-state index contributed by atoms with van der Waals surface area (Å²) in [5, 5.41) is 12.7. The summed E-state index contributed by atoms with van der Waals surface area (Å²) >= 11 is 0. The van der Waals surface area contributed by atoms with Crippen molar-refractivity contribution in [3.63, 3.8) is 0 Å². The molecule has 1 unspecified atom stereocenters. The first-order valence-corrected chi connectivity index (χ1v) is 8.60. The molecular weight excluding hydrogens is 431 g/mol. The van der Waals surface area contributed by atoms with Gasteiger partial charge in [-0.15, -0.1) is 24.0 Å². The van der Waals surface area contributed by atoms with E-state index in [1.54, 1.807) is 19.2 Å². The van der Waals surface area contributed by atoms with Gasteiger partial charge < -0.3 is 21.1 Å². The number of aromatic hydroxyl groups is 1. The molecule has 2 rings (SSSR count). The van der Waals surface area contributed by atoms with Crippen molar-refractivity contribution in [1.29, 1.82) is 0 Å². The predicted molar refractivity (Wildman–Crippen MR) is 111 cm³/mol. The molecule has 6 nitrogen and oxygen atoms in total. The second-order valence-corrected chi connectivity index (χ2v) is 6.37. The fraction of sp³-hybridized carbons (Fsp3) is 0.556. The number of halogens is 1. The van der Waals surface area contributed by atoms with Gasteiger partial charge in [-0.2, -0.15) is 0 Å². The fourth-order valence-corrected chi connectivity index (χ4v) is 3.20. The number of nitrogens with one attached hydrogen (secondary N) is 1. The van der Waals surface area contributed by atoms with Crippen LogP contribution in [0, 0.1) is 5.92 Å². The molecule has 1 aliphatic heterocycles. The van der Waals surface area contributed by atoms with Gasteiger partial charge in [0.1, 0.15) is 5.75 Å². The lowest BCUT2D eigenvalue weighted by molar-refractivity contribution is -0.119. The lowest BCUT2D eigenvalue weighted by atomic mass is 9.95. The number of likely N-dealkylation sites (tertiary alicyclic amines) is 1. The molecule has 0 spiro atoms. The molecule has 1 amide bonds. The van der Waals surface area contributed by atoms with Crippen molar-refractivity contribution in [2.24, 2.45) is 16.6 Å². The van der Waals surface area contributed by atoms with Gasteiger partial charge in [0.15, 0.2) is 5.96 Å². The summed E-state index contributed by atoms with van der Waals surface area (Å²) in [5.74, 6) is 1.30. The number of hydrogen-bond acceptors (Lipinski definition) is 3. The first-order valence-electron chi connectivity index (χ1n) is 8.60. The van der Waals surface area contributed by atoms with Gasteiger partial charge in [0.25, 0.3) is 0 Å². The number of carbonyl (C=O) groups excluding carboxylic acids is 1. The quantitative estimate of drug-likeness (QED) is 0.263. The largest absolute Gasteiger partial charge is 0.508 e. The van der Waals surface area contributed by atoms with Crippen molar-refractivity contribution in [2.45, 2.75) is 32.1 Å². The van der Waals surface area contributed by atoms with Gasteiger partial charge in [-0.05, 0) is 49.3 Å². The first kappa shape index (κ1) is 21.5. The molecule has 0 aliphatic carbocycles. The Hall–Kier alpha value is -1.51. The van der Waals surface area contributed by atoms with Gasteiger partial charge in [-0.3, -0.25) is 9.79 Å². The third-order valence-electron chi connectivity index (χ3n) is 4.38. The predicted octanol–water partition coefficient (Wildman–Crippen LogP) is 2.11. The standard InChI is InChI=1S/C18H28N4O2.HI/c1-20-18(22-11-3-5-15(13-22)12-17(19)24)21-10-2-4-14-6-8-16(23)9-7-14;/h6-9,15,23H,2-5,10-13H2,1H3,(H2,19,24)(H,20,21);1H. The van der Waals surface area contributed by atoms with E-state index in [1.165, 1.54) is 5.56 Å². The van der Waals surface area contributed by atoms with Gasteiger partial charge in [-0.25, -0.2) is 0 Å². The van der Waals surface area contributed by atoms with Gasteiger partial charge >= 0.3 is 0 Å². The molecule has 1 aliphatic rings. The molecule has 1 atom stereocenters. The summed E-state index contributed by atoms with van der Waals surface area (Å²) in [5.41, 5.74) is 6.53. The molecule has 1 heterocycles. The highest BCUT2D eigenvalue weighted by Crippen LogP contribution is 2.19. The van der Waals surface area contributed by atoms with E-state index in [2.05, 4.69) is 15.2 Å². The summed E-state index contributed by atoms with van der Waals surface area (Å²) < 4.78 is 0. The number of amides is 1. The van der Waals surface area contributed by atoms with E-state index >= 15 is 0 Å². The Morgan fingerprint density at radius 1 is 1.40 bits per heavy atom. The van der Waals surface area contributed by atoms with Crippen LogP contribution in [0.15, 0.2) is 29.3 Å². The number of primary amides is 1. The van der Waals surface area contributed by atoms with E-state index < -0.39 is 0 Å². The zero-order valence-corrected chi connectivity index (χ0v) is 17.1. The lowest BCUT2D eigenvalue weighted by Gasteiger charge is -2.34. The summed E-state index contributed by atoms with van der Waals surface area (Å²) in [6.07, 6.45) is 4.51. The highest BCUT2D eigenvalue weighted by atomic mass is 127. The van der Waals surface area contributed by atoms with Crippen molar-refractivity contribution in [1.82, 2.24) is 10.2 Å². The van der Waals surface area contributed by atoms with E-state index in [0.29, 0.717) is 18.1 Å². The van der Waals surface area contributed by atoms with Crippen LogP contribution >= 0.6 is 24.0 Å². The van der Waals surface area contributed by atoms with E-state index in [-0.39, 0.29) is 29.9 Å². The molecule has 0 saturated carbocycles. The number of hydrogen-bond donors (Lipinski definition) is 3. The molecular formula is C18H29IN4O2. The van der Waals surface area contributed by atoms with Crippen molar-refractivity contribution in [2.75, 3.05) is 26.7 Å². The molecule has 4 N–H and O–H groups in total. The van der Waals surface area contributed by atoms with E-state index in [4.69, 9.17) is 5.73 Å². The number of guanidine groups is 1. The number of aliphatic imine (C=N–C) groups is 1. The minimum atomic E-state index is -0.223. The molecule has 0 radical (unpaired) electrons. The minimum absolute atomic E-state index is 0. The van der Waals surface area contributed by atoms with Crippen molar-refractivity contribution >= 4 is 35.8 Å². The van der Waals surface area contributed by atoms with Crippen molar-refractivity contribution in [3.05, 3.63) is 29.8 Å². The average molecular weight is 460 g/mol. The number of aryl methyl sites for hydroxylation is 1. The van der Waals surface area contributed by atoms with Crippen LogP contribution in [0.5, 0.6) is 5.75 Å². The maximum Gasteiger partial charge on any atom is 0.217 e. The van der Waals surface area contributed by atoms with Crippen molar-refractivity contribution < 1.29 is 9.90 Å². The normalized spacial score (nSPS) is 17.7. The first-order chi connectivity index (χ1) is 11.6. The molecule has 25 heavy (non-hydrogen) atoms. The Morgan fingerprint density at radius 3 is 2.76 bits per heavy atom. The van der Waals surface area contributed by atoms with Crippen LogP contribution in [0.2, 0.25) is 0 Å². The van der Waals surface area contributed by atoms with E-state index in [1.807, 2.05) is 12.1 Å². The van der Waals surface area contributed by atoms with Crippen LogP contribution in [0.4, 0.5) is 0 Å². The SMILES string of the molecule is CN=C(NCCCc1ccc(O)cc1)N1CCCC(CC(N)=O)C1.I. The van der Waals surface area contributed by atoms with E-state index in [9.17, 15) is 9.90 Å². The number of phenols is 1. The zero-order chi connectivity index (χ0) is 17.4. The highest BCUT2D eigenvalue weighted by Gasteiger charge is 2.23. The second-order valence-electron chi connectivity index (χ2n) is 6.37.